The van der Waals surface area contributed by atoms with Crippen LogP contribution in [0.4, 0.5) is 5.69 Å². The van der Waals surface area contributed by atoms with Crippen LogP contribution in [0, 0.1) is 0 Å². The highest BCUT2D eigenvalue weighted by Gasteiger charge is 2.22. The van der Waals surface area contributed by atoms with Crippen molar-refractivity contribution in [3.05, 3.63) is 29.8 Å². The Hall–Kier alpha value is -1.60. The number of esters is 1. The smallest absolute Gasteiger partial charge is 0.322 e. The third kappa shape index (κ3) is 4.01. The molecule has 0 spiro atoms. The van der Waals surface area contributed by atoms with Gasteiger partial charge in [0, 0.05) is 19.3 Å². The lowest BCUT2D eigenvalue weighted by molar-refractivity contribution is -0.137. The summed E-state index contributed by atoms with van der Waals surface area (Å²) in [5.74, 6) is -1.45. The van der Waals surface area contributed by atoms with Gasteiger partial charge in [-0.1, -0.05) is 12.1 Å². The number of nitrogens with zero attached hydrogens (tertiary/aromatic N) is 1. The van der Waals surface area contributed by atoms with Crippen molar-refractivity contribution in [3.8, 4) is 0 Å². The van der Waals surface area contributed by atoms with Gasteiger partial charge in [-0.2, -0.15) is 0 Å². The molecule has 0 heterocycles. The van der Waals surface area contributed by atoms with Crippen LogP contribution in [0.3, 0.4) is 0 Å². The van der Waals surface area contributed by atoms with Crippen LogP contribution in [0.5, 0.6) is 0 Å². The summed E-state index contributed by atoms with van der Waals surface area (Å²) in [4.78, 5) is 11.0. The molecule has 0 aliphatic rings. The minimum atomic E-state index is -3.66. The van der Waals surface area contributed by atoms with Crippen LogP contribution in [0.25, 0.3) is 0 Å². The number of carbonyl (C=O) groups excluding carboxylic acids is 1. The van der Waals surface area contributed by atoms with E-state index in [0.717, 1.165) is 17.0 Å². The van der Waals surface area contributed by atoms with Gasteiger partial charge in [0.1, 0.15) is 0 Å². The molecule has 0 radical (unpaired) electrons. The number of sulfonamides is 1. The summed E-state index contributed by atoms with van der Waals surface area (Å²) in [6.07, 6.45) is 0. The molecule has 18 heavy (non-hydrogen) atoms. The fraction of sp³-hybridized carbons (Fsp3) is 0.364. The maximum absolute atomic E-state index is 11.8. The Morgan fingerprint density at radius 1 is 1.44 bits per heavy atom. The van der Waals surface area contributed by atoms with Crippen LogP contribution in [-0.2, 0) is 26.1 Å². The van der Waals surface area contributed by atoms with Crippen LogP contribution >= 0.6 is 0 Å². The number of hydrogen-bond donors (Lipinski definition) is 1. The third-order valence-electron chi connectivity index (χ3n) is 2.36. The van der Waals surface area contributed by atoms with E-state index in [9.17, 15) is 13.2 Å². The number of methoxy groups -OCH3 is 1. The van der Waals surface area contributed by atoms with Gasteiger partial charge in [0.25, 0.3) is 0 Å². The van der Waals surface area contributed by atoms with Crippen molar-refractivity contribution >= 4 is 21.7 Å². The van der Waals surface area contributed by atoms with E-state index in [2.05, 4.69) is 4.74 Å². The average Bonchev–Trinajstić information content (AvgIpc) is 2.28. The van der Waals surface area contributed by atoms with Gasteiger partial charge in [-0.15, -0.1) is 0 Å². The van der Waals surface area contributed by atoms with Gasteiger partial charge in [-0.3, -0.25) is 4.79 Å². The van der Waals surface area contributed by atoms with Crippen molar-refractivity contribution < 1.29 is 17.9 Å². The molecule has 0 amide bonds. The molecule has 0 bridgehead atoms. The molecular weight excluding hydrogens is 256 g/mol. The van der Waals surface area contributed by atoms with Crippen molar-refractivity contribution in [2.45, 2.75) is 6.54 Å². The second kappa shape index (κ2) is 5.83. The summed E-state index contributed by atoms with van der Waals surface area (Å²) >= 11 is 0. The Balaban J connectivity index is 2.76. The number of carbonyl (C=O) groups is 1. The molecule has 7 heteroatoms. The molecular formula is C11H16N2O4S. The monoisotopic (exact) mass is 272 g/mol. The highest BCUT2D eigenvalue weighted by Crippen LogP contribution is 2.11. The molecule has 0 saturated heterocycles. The largest absolute Gasteiger partial charge is 0.468 e. The average molecular weight is 272 g/mol. The lowest BCUT2D eigenvalue weighted by Crippen LogP contribution is -2.32. The standard InChI is InChI=1S/C11H16N2O4S/c1-13(18(15,16)8-11(14)17-2)7-9-4-3-5-10(12)6-9/h3-6H,7-8,12H2,1-2H3. The Morgan fingerprint density at radius 3 is 2.67 bits per heavy atom. The summed E-state index contributed by atoms with van der Waals surface area (Å²) in [5, 5.41) is 0. The molecule has 0 saturated carbocycles. The van der Waals surface area contributed by atoms with Gasteiger partial charge in [0.15, 0.2) is 5.75 Å². The van der Waals surface area contributed by atoms with Crippen LogP contribution in [0.15, 0.2) is 24.3 Å². The highest BCUT2D eigenvalue weighted by molar-refractivity contribution is 7.89. The zero-order valence-corrected chi connectivity index (χ0v) is 11.1. The summed E-state index contributed by atoms with van der Waals surface area (Å²) in [6, 6.07) is 6.91. The van der Waals surface area contributed by atoms with Gasteiger partial charge < -0.3 is 10.5 Å². The van der Waals surface area contributed by atoms with E-state index in [1.54, 1.807) is 24.3 Å². The molecule has 100 valence electrons. The van der Waals surface area contributed by atoms with Crippen LogP contribution < -0.4 is 5.73 Å². The number of rotatable bonds is 5. The first kappa shape index (κ1) is 14.5. The first-order chi connectivity index (χ1) is 8.35. The van der Waals surface area contributed by atoms with Gasteiger partial charge in [-0.25, -0.2) is 12.7 Å². The van der Waals surface area contributed by atoms with Crippen molar-refractivity contribution in [1.82, 2.24) is 4.31 Å². The predicted octanol–water partition coefficient (Wildman–Crippen LogP) is 0.203. The number of nitrogens with two attached hydrogens (primary N) is 1. The summed E-state index contributed by atoms with van der Waals surface area (Å²) in [6.45, 7) is 0.157. The normalized spacial score (nSPS) is 11.5. The van der Waals surface area contributed by atoms with Crippen molar-refractivity contribution in [2.75, 3.05) is 25.6 Å². The maximum atomic E-state index is 11.8. The predicted molar refractivity (Wildman–Crippen MR) is 68.1 cm³/mol. The fourth-order valence-corrected chi connectivity index (χ4v) is 2.35. The Bertz CT molecular complexity index is 528. The van der Waals surface area contributed by atoms with Crippen LogP contribution in [-0.4, -0.2) is 38.6 Å². The zero-order chi connectivity index (χ0) is 13.8. The van der Waals surface area contributed by atoms with E-state index in [1.807, 2.05) is 0 Å². The molecule has 0 fully saturated rings. The molecule has 2 N–H and O–H groups in total. The lowest BCUT2D eigenvalue weighted by atomic mass is 10.2. The highest BCUT2D eigenvalue weighted by atomic mass is 32.2. The van der Waals surface area contributed by atoms with E-state index >= 15 is 0 Å². The number of anilines is 1. The number of benzene rings is 1. The van der Waals surface area contributed by atoms with Gasteiger partial charge >= 0.3 is 5.97 Å². The van der Waals surface area contributed by atoms with Crippen molar-refractivity contribution in [2.24, 2.45) is 0 Å². The Labute approximate surface area is 106 Å². The molecule has 0 aliphatic carbocycles. The number of nitrogen functional groups attached to an aromatic ring is 1. The minimum absolute atomic E-state index is 0.157. The lowest BCUT2D eigenvalue weighted by Gasteiger charge is -2.16. The maximum Gasteiger partial charge on any atom is 0.322 e. The van der Waals surface area contributed by atoms with Crippen molar-refractivity contribution in [1.29, 1.82) is 0 Å². The second-order valence-corrected chi connectivity index (χ2v) is 5.91. The van der Waals surface area contributed by atoms with Crippen molar-refractivity contribution in [3.63, 3.8) is 0 Å². The van der Waals surface area contributed by atoms with E-state index in [1.165, 1.54) is 7.05 Å². The molecule has 0 aliphatic heterocycles. The SMILES string of the molecule is COC(=O)CS(=O)(=O)N(C)Cc1cccc(N)c1. The third-order valence-corrected chi connectivity index (χ3v) is 4.04. The second-order valence-electron chi connectivity index (χ2n) is 3.83. The Morgan fingerprint density at radius 2 is 2.11 bits per heavy atom. The fourth-order valence-electron chi connectivity index (χ4n) is 1.36. The van der Waals surface area contributed by atoms with E-state index in [-0.39, 0.29) is 6.54 Å². The van der Waals surface area contributed by atoms with E-state index in [0.29, 0.717) is 5.69 Å². The summed E-state index contributed by atoms with van der Waals surface area (Å²) in [7, 11) is -1.11. The number of hydrogen-bond acceptors (Lipinski definition) is 5. The topological polar surface area (TPSA) is 89.7 Å². The zero-order valence-electron chi connectivity index (χ0n) is 10.3. The van der Waals surface area contributed by atoms with Gasteiger partial charge in [0.05, 0.1) is 7.11 Å². The Kier molecular flexibility index (Phi) is 4.69. The molecule has 1 rings (SSSR count). The van der Waals surface area contributed by atoms with E-state index < -0.39 is 21.7 Å². The quantitative estimate of drug-likeness (QED) is 0.611. The molecule has 0 aromatic heterocycles. The minimum Gasteiger partial charge on any atom is -0.468 e. The molecule has 0 atom stereocenters. The summed E-state index contributed by atoms with van der Waals surface area (Å²) < 4.78 is 29.0. The van der Waals surface area contributed by atoms with Gasteiger partial charge in [-0.05, 0) is 17.7 Å². The molecule has 0 unspecified atom stereocenters. The number of ether oxygens (including phenoxy) is 1. The van der Waals surface area contributed by atoms with Crippen LogP contribution in [0.2, 0.25) is 0 Å². The first-order valence-corrected chi connectivity index (χ1v) is 6.81. The molecule has 1 aromatic carbocycles. The van der Waals surface area contributed by atoms with Crippen LogP contribution in [0.1, 0.15) is 5.56 Å². The van der Waals surface area contributed by atoms with Gasteiger partial charge in [0.2, 0.25) is 10.0 Å². The van der Waals surface area contributed by atoms with E-state index in [4.69, 9.17) is 5.73 Å². The first-order valence-electron chi connectivity index (χ1n) is 5.20. The molecule has 6 nitrogen and oxygen atoms in total. The molecule has 1 aromatic rings. The summed E-state index contributed by atoms with van der Waals surface area (Å²) in [5.41, 5.74) is 6.92.